The first-order chi connectivity index (χ1) is 5.00. The van der Waals surface area contributed by atoms with Gasteiger partial charge in [-0.25, -0.2) is 0 Å². The van der Waals surface area contributed by atoms with Crippen LogP contribution in [0.5, 0.6) is 0 Å². The van der Waals surface area contributed by atoms with Crippen LogP contribution in [0.25, 0.3) is 0 Å². The van der Waals surface area contributed by atoms with Gasteiger partial charge in [0.2, 0.25) is 0 Å². The number of rotatable bonds is 1. The predicted molar refractivity (Wildman–Crippen MR) is 46.4 cm³/mol. The van der Waals surface area contributed by atoms with Crippen molar-refractivity contribution in [2.24, 2.45) is 0 Å². The lowest BCUT2D eigenvalue weighted by atomic mass is 10.3. The van der Waals surface area contributed by atoms with Gasteiger partial charge in [0.15, 0.2) is 0 Å². The molecule has 0 atom stereocenters. The van der Waals surface area contributed by atoms with E-state index in [-0.39, 0.29) is 22.3 Å². The molecule has 0 saturated heterocycles. The summed E-state index contributed by atoms with van der Waals surface area (Å²) in [7, 11) is -4.08. The highest BCUT2D eigenvalue weighted by Gasteiger charge is 2.06. The van der Waals surface area contributed by atoms with E-state index in [1.165, 1.54) is 24.3 Å². The van der Waals surface area contributed by atoms with Crippen molar-refractivity contribution < 1.29 is 13.0 Å². The molecule has 0 aliphatic rings. The summed E-state index contributed by atoms with van der Waals surface area (Å²) in [6, 6.07) is 5.29. The maximum atomic E-state index is 10.5. The van der Waals surface area contributed by atoms with E-state index in [1.54, 1.807) is 0 Å². The molecule has 0 amide bonds. The molecule has 0 aliphatic carbocycles. The number of hydrogen-bond donors (Lipinski definition) is 2. The third-order valence-corrected chi connectivity index (χ3v) is 2.05. The van der Waals surface area contributed by atoms with Crippen LogP contribution in [0.2, 0.25) is 0 Å². The molecule has 1 rings (SSSR count). The molecule has 63 valence electrons. The Morgan fingerprint density at radius 3 is 1.92 bits per heavy atom. The summed E-state index contributed by atoms with van der Waals surface area (Å²) in [6.07, 6.45) is 0. The molecule has 0 aliphatic heterocycles. The standard InChI is InChI=1S/C6H7NO3S.Al/c7-5-1-3-6(4-2-5)11(8,9)10;/h1-4H,7H2,(H,8,9,10);. The minimum absolute atomic E-state index is 0. The smallest absolute Gasteiger partial charge is 0.294 e. The zero-order chi connectivity index (χ0) is 8.48. The van der Waals surface area contributed by atoms with E-state index in [4.69, 9.17) is 10.3 Å². The molecule has 0 bridgehead atoms. The van der Waals surface area contributed by atoms with Crippen molar-refractivity contribution in [1.29, 1.82) is 0 Å². The van der Waals surface area contributed by atoms with Crippen molar-refractivity contribution in [3.05, 3.63) is 24.3 Å². The highest BCUT2D eigenvalue weighted by molar-refractivity contribution is 7.85. The van der Waals surface area contributed by atoms with Crippen molar-refractivity contribution in [3.63, 3.8) is 0 Å². The number of anilines is 1. The van der Waals surface area contributed by atoms with Crippen molar-refractivity contribution in [3.8, 4) is 0 Å². The van der Waals surface area contributed by atoms with E-state index in [0.29, 0.717) is 5.69 Å². The molecular weight excluding hydrogens is 193 g/mol. The van der Waals surface area contributed by atoms with Crippen LogP contribution in [0, 0.1) is 0 Å². The number of nitrogen functional groups attached to an aromatic ring is 1. The second kappa shape index (κ2) is 3.92. The molecule has 0 spiro atoms. The molecule has 6 heteroatoms. The van der Waals surface area contributed by atoms with Gasteiger partial charge in [0, 0.05) is 23.0 Å². The summed E-state index contributed by atoms with van der Waals surface area (Å²) in [5.41, 5.74) is 5.75. The molecule has 4 nitrogen and oxygen atoms in total. The molecule has 1 aromatic rings. The minimum Gasteiger partial charge on any atom is -0.399 e. The van der Waals surface area contributed by atoms with E-state index in [1.807, 2.05) is 0 Å². The summed E-state index contributed by atoms with van der Waals surface area (Å²) in [5, 5.41) is 0. The molecule has 3 radical (unpaired) electrons. The number of nitrogens with two attached hydrogens (primary N) is 1. The summed E-state index contributed by atoms with van der Waals surface area (Å²) in [5.74, 6) is 0. The third kappa shape index (κ3) is 2.83. The Labute approximate surface area is 81.3 Å². The summed E-state index contributed by atoms with van der Waals surface area (Å²) in [6.45, 7) is 0. The van der Waals surface area contributed by atoms with E-state index in [2.05, 4.69) is 0 Å². The van der Waals surface area contributed by atoms with Gasteiger partial charge in [-0.15, -0.1) is 0 Å². The Balaban J connectivity index is 0.00000121. The second-order valence-corrected chi connectivity index (χ2v) is 3.47. The van der Waals surface area contributed by atoms with Crippen molar-refractivity contribution in [2.45, 2.75) is 4.90 Å². The minimum atomic E-state index is -4.08. The lowest BCUT2D eigenvalue weighted by molar-refractivity contribution is 0.483. The highest BCUT2D eigenvalue weighted by Crippen LogP contribution is 2.10. The molecule has 0 unspecified atom stereocenters. The normalized spacial score (nSPS) is 10.4. The molecule has 1 aromatic carbocycles. The first kappa shape index (κ1) is 11.5. The van der Waals surface area contributed by atoms with Gasteiger partial charge in [0.1, 0.15) is 0 Å². The summed E-state index contributed by atoms with van der Waals surface area (Å²) in [4.78, 5) is -0.147. The largest absolute Gasteiger partial charge is 0.399 e. The average Bonchev–Trinajstić information content (AvgIpc) is 1.86. The average molecular weight is 200 g/mol. The van der Waals surface area contributed by atoms with Crippen LogP contribution in [0.1, 0.15) is 0 Å². The Kier molecular flexibility index (Phi) is 3.74. The fraction of sp³-hybridized carbons (Fsp3) is 0. The van der Waals surface area contributed by atoms with E-state index >= 15 is 0 Å². The maximum absolute atomic E-state index is 10.5. The zero-order valence-electron chi connectivity index (χ0n) is 6.14. The Morgan fingerprint density at radius 2 is 1.58 bits per heavy atom. The Morgan fingerprint density at radius 1 is 1.17 bits per heavy atom. The lowest BCUT2D eigenvalue weighted by Crippen LogP contribution is -1.97. The van der Waals surface area contributed by atoms with Gasteiger partial charge in [-0.2, -0.15) is 8.42 Å². The van der Waals surface area contributed by atoms with E-state index < -0.39 is 10.1 Å². The SMILES string of the molecule is Nc1ccc(S(=O)(=O)O)cc1.[Al]. The van der Waals surface area contributed by atoms with Crippen LogP contribution in [0.15, 0.2) is 29.2 Å². The van der Waals surface area contributed by atoms with Crippen LogP contribution in [0.3, 0.4) is 0 Å². The fourth-order valence-corrected chi connectivity index (χ4v) is 1.12. The van der Waals surface area contributed by atoms with Crippen LogP contribution in [-0.4, -0.2) is 30.3 Å². The third-order valence-electron chi connectivity index (χ3n) is 1.18. The molecular formula is C6H7AlNO3S. The van der Waals surface area contributed by atoms with Gasteiger partial charge in [0.25, 0.3) is 10.1 Å². The van der Waals surface area contributed by atoms with E-state index in [0.717, 1.165) is 0 Å². The van der Waals surface area contributed by atoms with Gasteiger partial charge in [-0.1, -0.05) is 0 Å². The molecule has 0 fully saturated rings. The van der Waals surface area contributed by atoms with Gasteiger partial charge in [0.05, 0.1) is 4.90 Å². The van der Waals surface area contributed by atoms with Crippen molar-refractivity contribution in [1.82, 2.24) is 0 Å². The summed E-state index contributed by atoms with van der Waals surface area (Å²) >= 11 is 0. The van der Waals surface area contributed by atoms with Gasteiger partial charge in [-0.3, -0.25) is 4.55 Å². The maximum Gasteiger partial charge on any atom is 0.294 e. The van der Waals surface area contributed by atoms with Gasteiger partial charge < -0.3 is 5.73 Å². The molecule has 0 saturated carbocycles. The van der Waals surface area contributed by atoms with Crippen LogP contribution in [0.4, 0.5) is 5.69 Å². The quantitative estimate of drug-likeness (QED) is 0.383. The molecule has 0 heterocycles. The second-order valence-electron chi connectivity index (χ2n) is 2.04. The monoisotopic (exact) mass is 200 g/mol. The predicted octanol–water partition coefficient (Wildman–Crippen LogP) is 0.135. The van der Waals surface area contributed by atoms with Gasteiger partial charge >= 0.3 is 0 Å². The first-order valence-electron chi connectivity index (χ1n) is 2.83. The van der Waals surface area contributed by atoms with Crippen molar-refractivity contribution >= 4 is 33.2 Å². The van der Waals surface area contributed by atoms with Crippen LogP contribution >= 0.6 is 0 Å². The molecule has 12 heavy (non-hydrogen) atoms. The number of hydrogen-bond acceptors (Lipinski definition) is 3. The Bertz CT molecular complexity index is 346. The van der Waals surface area contributed by atoms with E-state index in [9.17, 15) is 8.42 Å². The van der Waals surface area contributed by atoms with Crippen molar-refractivity contribution in [2.75, 3.05) is 5.73 Å². The van der Waals surface area contributed by atoms with Gasteiger partial charge in [-0.05, 0) is 24.3 Å². The number of benzene rings is 1. The highest BCUT2D eigenvalue weighted by atomic mass is 32.2. The lowest BCUT2D eigenvalue weighted by Gasteiger charge is -1.95. The van der Waals surface area contributed by atoms with Crippen LogP contribution in [-0.2, 0) is 10.1 Å². The first-order valence-corrected chi connectivity index (χ1v) is 4.27. The summed E-state index contributed by atoms with van der Waals surface area (Å²) < 4.78 is 29.4. The fourth-order valence-electron chi connectivity index (χ4n) is 0.640. The molecule has 3 N–H and O–H groups in total. The topological polar surface area (TPSA) is 80.4 Å². The zero-order valence-corrected chi connectivity index (χ0v) is 8.11. The Hall–Kier alpha value is -0.538. The molecule has 0 aromatic heterocycles. The van der Waals surface area contributed by atoms with Crippen LogP contribution < -0.4 is 5.73 Å².